The summed E-state index contributed by atoms with van der Waals surface area (Å²) in [5.74, 6) is 1.30. The van der Waals surface area contributed by atoms with E-state index >= 15 is 0 Å². The summed E-state index contributed by atoms with van der Waals surface area (Å²) in [4.78, 5) is 19.3. The first kappa shape index (κ1) is 52.6. The fraction of sp³-hybridized carbons (Fsp3) is 0. The second kappa shape index (κ2) is 25.4. The van der Waals surface area contributed by atoms with E-state index in [4.69, 9.17) is 59.8 Å². The highest BCUT2D eigenvalue weighted by atomic mass is 35.5. The van der Waals surface area contributed by atoms with Crippen LogP contribution in [0, 0.1) is 0 Å². The van der Waals surface area contributed by atoms with Gasteiger partial charge < -0.3 is 10.0 Å². The zero-order chi connectivity index (χ0) is 53.6. The van der Waals surface area contributed by atoms with Crippen LogP contribution in [0.3, 0.4) is 0 Å². The van der Waals surface area contributed by atoms with Crippen LogP contribution in [0.2, 0.25) is 15.2 Å². The van der Waals surface area contributed by atoms with Gasteiger partial charge in [0.25, 0.3) is 0 Å². The smallest absolute Gasteiger partial charge is 0.423 e. The Kier molecular flexibility index (Phi) is 17.1. The Balaban J connectivity index is 0.000000152. The maximum absolute atomic E-state index is 8.65. The molecule has 0 amide bonds. The number of benzene rings is 10. The van der Waals surface area contributed by atoms with Gasteiger partial charge in [-0.15, -0.1) is 0 Å². The van der Waals surface area contributed by atoms with E-state index in [0.29, 0.717) is 32.3 Å². The molecule has 12 aromatic rings. The third kappa shape index (κ3) is 13.6. The molecule has 0 bridgehead atoms. The van der Waals surface area contributed by atoms with E-state index < -0.39 is 7.12 Å². The summed E-state index contributed by atoms with van der Waals surface area (Å²) in [6.45, 7) is 0. The summed E-state index contributed by atoms with van der Waals surface area (Å²) in [5.41, 5.74) is 17.0. The molecule has 376 valence electrons. The molecule has 0 saturated heterocycles. The second-order valence-electron chi connectivity index (χ2n) is 18.1. The molecule has 0 aliphatic carbocycles. The lowest BCUT2D eigenvalue weighted by molar-refractivity contribution is 0.426. The van der Waals surface area contributed by atoms with Crippen molar-refractivity contribution in [1.29, 1.82) is 0 Å². The van der Waals surface area contributed by atoms with E-state index in [0.717, 1.165) is 89.4 Å². The number of rotatable bonds is 10. The van der Waals surface area contributed by atoms with Gasteiger partial charge in [0.1, 0.15) is 5.15 Å². The molecular formula is C68H48BCl3N4O2. The summed E-state index contributed by atoms with van der Waals surface area (Å²) in [7, 11) is -1.43. The summed E-state index contributed by atoms with van der Waals surface area (Å²) in [6.07, 6.45) is 0. The van der Waals surface area contributed by atoms with Gasteiger partial charge in [-0.3, -0.25) is 0 Å². The first-order chi connectivity index (χ1) is 38.2. The summed E-state index contributed by atoms with van der Waals surface area (Å²) in [5, 5.41) is 18.9. The van der Waals surface area contributed by atoms with Gasteiger partial charge >= 0.3 is 7.12 Å². The van der Waals surface area contributed by atoms with Crippen molar-refractivity contribution in [3.8, 4) is 101 Å². The largest absolute Gasteiger partial charge is 0.488 e. The topological polar surface area (TPSA) is 92.0 Å². The summed E-state index contributed by atoms with van der Waals surface area (Å²) >= 11 is 18.3. The van der Waals surface area contributed by atoms with Crippen molar-refractivity contribution >= 4 is 47.4 Å². The molecule has 2 N–H and O–H groups in total. The van der Waals surface area contributed by atoms with Crippen LogP contribution in [0.1, 0.15) is 0 Å². The first-order valence-electron chi connectivity index (χ1n) is 25.1. The monoisotopic (exact) mass is 1070 g/mol. The van der Waals surface area contributed by atoms with E-state index in [2.05, 4.69) is 145 Å². The van der Waals surface area contributed by atoms with Gasteiger partial charge in [-0.2, -0.15) is 0 Å². The molecule has 78 heavy (non-hydrogen) atoms. The summed E-state index contributed by atoms with van der Waals surface area (Å²) in [6, 6.07) is 93.0. The lowest BCUT2D eigenvalue weighted by Crippen LogP contribution is -2.29. The standard InChI is InChI=1S/C34H23ClN2.C28H19ClN2.C6H6BClO2/c35-31-18-10-17-27(22-31)32-23-33(37-34(36-32)26-15-8-3-9-16-26)30-20-28(24-11-4-1-5-12-24)19-29(21-30)25-13-6-2-7-14-25;29-27-19-26(30-28(31-27)22-14-8-3-9-15-22)25-17-23(20-10-4-1-5-11-20)16-24(18-25)21-12-6-2-7-13-21;8-6-3-1-2-5(4-6)7(9)10/h1-23H;1-19H;1-4,9-10H. The zero-order valence-corrected chi connectivity index (χ0v) is 44.2. The number of aromatic nitrogens is 4. The molecule has 0 saturated carbocycles. The highest BCUT2D eigenvalue weighted by Gasteiger charge is 2.16. The Labute approximate surface area is 469 Å². The first-order valence-corrected chi connectivity index (χ1v) is 26.3. The molecule has 0 spiro atoms. The molecule has 10 aromatic carbocycles. The SMILES string of the molecule is Clc1cc(-c2cc(-c3ccccc3)cc(-c3ccccc3)c2)nc(-c2ccccc2)n1.Clc1cccc(-c2cc(-c3cc(-c4ccccc4)cc(-c4ccccc4)c3)nc(-c3ccccc3)n2)c1.OB(O)c1cccc(Cl)c1. The Morgan fingerprint density at radius 1 is 0.244 bits per heavy atom. The molecular weight excluding hydrogens is 1020 g/mol. The van der Waals surface area contributed by atoms with Crippen molar-refractivity contribution in [3.63, 3.8) is 0 Å². The van der Waals surface area contributed by atoms with Crippen LogP contribution < -0.4 is 5.46 Å². The Morgan fingerprint density at radius 2 is 0.551 bits per heavy atom. The lowest BCUT2D eigenvalue weighted by atomic mass is 9.81. The van der Waals surface area contributed by atoms with Crippen LogP contribution in [-0.2, 0) is 0 Å². The predicted octanol–water partition coefficient (Wildman–Crippen LogP) is 17.3. The number of hydrogen-bond acceptors (Lipinski definition) is 6. The van der Waals surface area contributed by atoms with Crippen molar-refractivity contribution in [2.24, 2.45) is 0 Å². The molecule has 10 heteroatoms. The van der Waals surface area contributed by atoms with Crippen LogP contribution in [0.25, 0.3) is 101 Å². The maximum Gasteiger partial charge on any atom is 0.488 e. The van der Waals surface area contributed by atoms with Crippen molar-refractivity contribution < 1.29 is 10.0 Å². The van der Waals surface area contributed by atoms with Crippen molar-refractivity contribution in [2.75, 3.05) is 0 Å². The van der Waals surface area contributed by atoms with Gasteiger partial charge in [0, 0.05) is 43.9 Å². The van der Waals surface area contributed by atoms with Crippen LogP contribution >= 0.6 is 34.8 Å². The van der Waals surface area contributed by atoms with Gasteiger partial charge in [-0.05, 0) is 117 Å². The minimum Gasteiger partial charge on any atom is -0.423 e. The van der Waals surface area contributed by atoms with Gasteiger partial charge in [0.05, 0.1) is 17.1 Å². The number of nitrogens with zero attached hydrogens (tertiary/aromatic N) is 4. The molecule has 6 nitrogen and oxygen atoms in total. The average molecular weight is 1070 g/mol. The molecule has 0 unspecified atom stereocenters. The quantitative estimate of drug-likeness (QED) is 0.105. The second-order valence-corrected chi connectivity index (χ2v) is 19.4. The van der Waals surface area contributed by atoms with Gasteiger partial charge in [0.2, 0.25) is 0 Å². The average Bonchev–Trinajstić information content (AvgIpc) is 3.53. The number of halogens is 3. The van der Waals surface area contributed by atoms with Gasteiger partial charge in [-0.1, -0.05) is 241 Å². The molecule has 0 radical (unpaired) electrons. The number of hydrogen-bond donors (Lipinski definition) is 2. The van der Waals surface area contributed by atoms with Crippen molar-refractivity contribution in [1.82, 2.24) is 19.9 Å². The molecule has 0 fully saturated rings. The van der Waals surface area contributed by atoms with Gasteiger partial charge in [0.15, 0.2) is 11.6 Å². The van der Waals surface area contributed by atoms with Crippen LogP contribution in [-0.4, -0.2) is 37.1 Å². The van der Waals surface area contributed by atoms with Crippen LogP contribution in [0.15, 0.2) is 279 Å². The molecule has 2 aromatic heterocycles. The Morgan fingerprint density at radius 3 is 0.910 bits per heavy atom. The molecule has 2 heterocycles. The Bertz CT molecular complexity index is 3800. The van der Waals surface area contributed by atoms with Crippen molar-refractivity contribution in [3.05, 3.63) is 294 Å². The van der Waals surface area contributed by atoms with E-state index in [9.17, 15) is 0 Å². The minimum atomic E-state index is -1.43. The Hall–Kier alpha value is -8.79. The van der Waals surface area contributed by atoms with E-state index in [-0.39, 0.29) is 0 Å². The molecule has 0 aliphatic heterocycles. The lowest BCUT2D eigenvalue weighted by Gasteiger charge is -2.13. The van der Waals surface area contributed by atoms with Gasteiger partial charge in [-0.25, -0.2) is 19.9 Å². The zero-order valence-electron chi connectivity index (χ0n) is 42.0. The maximum atomic E-state index is 8.65. The van der Waals surface area contributed by atoms with E-state index in [1.165, 1.54) is 6.07 Å². The van der Waals surface area contributed by atoms with Crippen LogP contribution in [0.4, 0.5) is 0 Å². The highest BCUT2D eigenvalue weighted by Crippen LogP contribution is 2.36. The third-order valence-corrected chi connectivity index (χ3v) is 13.3. The van der Waals surface area contributed by atoms with Crippen molar-refractivity contribution in [2.45, 2.75) is 0 Å². The molecule has 12 rings (SSSR count). The predicted molar refractivity (Wildman–Crippen MR) is 324 cm³/mol. The third-order valence-electron chi connectivity index (χ3n) is 12.6. The fourth-order valence-electron chi connectivity index (χ4n) is 8.80. The molecule has 0 atom stereocenters. The van der Waals surface area contributed by atoms with Crippen LogP contribution in [0.5, 0.6) is 0 Å². The van der Waals surface area contributed by atoms with E-state index in [1.54, 1.807) is 18.2 Å². The fourth-order valence-corrected chi connectivity index (χ4v) is 9.37. The molecule has 0 aliphatic rings. The summed E-state index contributed by atoms with van der Waals surface area (Å²) < 4.78 is 0. The van der Waals surface area contributed by atoms with E-state index in [1.807, 2.05) is 115 Å². The normalized spacial score (nSPS) is 10.6. The highest BCUT2D eigenvalue weighted by molar-refractivity contribution is 6.59. The minimum absolute atomic E-state index is 0.410.